The lowest BCUT2D eigenvalue weighted by molar-refractivity contribution is -0.121. The summed E-state index contributed by atoms with van der Waals surface area (Å²) in [5, 5.41) is 14.3. The summed E-state index contributed by atoms with van der Waals surface area (Å²) in [5.74, 6) is -2.38. The number of rotatable bonds is 6. The molecule has 0 heterocycles. The lowest BCUT2D eigenvalue weighted by atomic mass is 10.1. The molecule has 6 nitrogen and oxygen atoms in total. The van der Waals surface area contributed by atoms with Gasteiger partial charge in [0.15, 0.2) is 0 Å². The summed E-state index contributed by atoms with van der Waals surface area (Å²) in [7, 11) is 0. The van der Waals surface area contributed by atoms with Gasteiger partial charge in [-0.2, -0.15) is 0 Å². The molecular formula is C13H18FN3O3. The van der Waals surface area contributed by atoms with Crippen LogP contribution < -0.4 is 16.4 Å². The molecule has 0 unspecified atom stereocenters. The van der Waals surface area contributed by atoms with Crippen LogP contribution in [0.4, 0.5) is 15.8 Å². The van der Waals surface area contributed by atoms with Gasteiger partial charge in [-0.15, -0.1) is 0 Å². The molecule has 0 saturated carbocycles. The van der Waals surface area contributed by atoms with E-state index in [1.807, 2.05) is 13.8 Å². The van der Waals surface area contributed by atoms with Gasteiger partial charge in [0.05, 0.1) is 16.9 Å². The van der Waals surface area contributed by atoms with Gasteiger partial charge in [-0.3, -0.25) is 4.79 Å². The standard InChI is InChI=1S/C13H18FN3O3/c1-7(2)17-12(18)3-4-16-11-6-9(14)8(13(19)20)5-10(11)15/h5-7,16H,3-4,15H2,1-2H3,(H,17,18)(H,19,20). The Kier molecular flexibility index (Phi) is 5.31. The van der Waals surface area contributed by atoms with Crippen LogP contribution in [0.15, 0.2) is 12.1 Å². The van der Waals surface area contributed by atoms with Crippen molar-refractivity contribution in [1.29, 1.82) is 0 Å². The third kappa shape index (κ3) is 4.42. The molecule has 0 aliphatic heterocycles. The van der Waals surface area contributed by atoms with Crippen LogP contribution in [-0.2, 0) is 4.79 Å². The van der Waals surface area contributed by atoms with E-state index in [0.29, 0.717) is 0 Å². The lowest BCUT2D eigenvalue weighted by Gasteiger charge is -2.12. The summed E-state index contributed by atoms with van der Waals surface area (Å²) in [6.07, 6.45) is 0.208. The average molecular weight is 283 g/mol. The van der Waals surface area contributed by atoms with Crippen LogP contribution in [0.25, 0.3) is 0 Å². The molecule has 5 N–H and O–H groups in total. The Balaban J connectivity index is 2.63. The van der Waals surface area contributed by atoms with Gasteiger partial charge in [0.1, 0.15) is 5.82 Å². The van der Waals surface area contributed by atoms with Gasteiger partial charge in [0.25, 0.3) is 0 Å². The first-order valence-corrected chi connectivity index (χ1v) is 6.16. The van der Waals surface area contributed by atoms with Gasteiger partial charge < -0.3 is 21.5 Å². The minimum absolute atomic E-state index is 0.0554. The van der Waals surface area contributed by atoms with Crippen molar-refractivity contribution in [2.45, 2.75) is 26.3 Å². The summed E-state index contributed by atoms with van der Waals surface area (Å²) < 4.78 is 13.5. The topological polar surface area (TPSA) is 104 Å². The van der Waals surface area contributed by atoms with E-state index < -0.39 is 17.3 Å². The van der Waals surface area contributed by atoms with Gasteiger partial charge in [-0.1, -0.05) is 0 Å². The molecule has 0 saturated heterocycles. The molecule has 7 heteroatoms. The van der Waals surface area contributed by atoms with Crippen LogP contribution in [0.2, 0.25) is 0 Å². The number of carbonyl (C=O) groups is 2. The zero-order valence-corrected chi connectivity index (χ0v) is 11.4. The molecule has 1 rings (SSSR count). The molecule has 1 aromatic rings. The fourth-order valence-electron chi connectivity index (χ4n) is 1.61. The second-order valence-electron chi connectivity index (χ2n) is 4.62. The first-order valence-electron chi connectivity index (χ1n) is 6.16. The van der Waals surface area contributed by atoms with Crippen LogP contribution in [0.5, 0.6) is 0 Å². The number of carbonyl (C=O) groups excluding carboxylic acids is 1. The number of nitrogen functional groups attached to an aromatic ring is 1. The van der Waals surface area contributed by atoms with E-state index in [1.54, 1.807) is 0 Å². The van der Waals surface area contributed by atoms with E-state index in [9.17, 15) is 14.0 Å². The van der Waals surface area contributed by atoms with Crippen molar-refractivity contribution in [2.75, 3.05) is 17.6 Å². The van der Waals surface area contributed by atoms with Gasteiger partial charge >= 0.3 is 5.97 Å². The van der Waals surface area contributed by atoms with Crippen molar-refractivity contribution in [2.24, 2.45) is 0 Å². The van der Waals surface area contributed by atoms with E-state index in [2.05, 4.69) is 10.6 Å². The Morgan fingerprint density at radius 1 is 1.40 bits per heavy atom. The molecule has 0 bridgehead atoms. The molecule has 20 heavy (non-hydrogen) atoms. The van der Waals surface area contributed by atoms with E-state index >= 15 is 0 Å². The van der Waals surface area contributed by atoms with Crippen molar-refractivity contribution in [1.82, 2.24) is 5.32 Å². The Bertz CT molecular complexity index is 518. The first-order chi connectivity index (χ1) is 9.31. The van der Waals surface area contributed by atoms with Crippen molar-refractivity contribution >= 4 is 23.3 Å². The number of carboxylic acids is 1. The summed E-state index contributed by atoms with van der Waals surface area (Å²) in [5.41, 5.74) is 5.54. The third-order valence-electron chi connectivity index (χ3n) is 2.49. The highest BCUT2D eigenvalue weighted by molar-refractivity contribution is 5.90. The van der Waals surface area contributed by atoms with Crippen LogP contribution in [0.1, 0.15) is 30.6 Å². The summed E-state index contributed by atoms with van der Waals surface area (Å²) in [6, 6.07) is 2.12. The van der Waals surface area contributed by atoms with E-state index in [-0.39, 0.29) is 36.3 Å². The summed E-state index contributed by atoms with van der Waals surface area (Å²) in [6.45, 7) is 3.97. The quantitative estimate of drug-likeness (QED) is 0.591. The minimum Gasteiger partial charge on any atom is -0.478 e. The second-order valence-corrected chi connectivity index (χ2v) is 4.62. The highest BCUT2D eigenvalue weighted by atomic mass is 19.1. The summed E-state index contributed by atoms with van der Waals surface area (Å²) in [4.78, 5) is 22.1. The number of nitrogens with one attached hydrogen (secondary N) is 2. The molecule has 0 fully saturated rings. The average Bonchev–Trinajstić information content (AvgIpc) is 2.31. The maximum absolute atomic E-state index is 13.5. The number of amides is 1. The number of hydrogen-bond acceptors (Lipinski definition) is 4. The van der Waals surface area contributed by atoms with E-state index in [4.69, 9.17) is 10.8 Å². The van der Waals surface area contributed by atoms with Crippen LogP contribution in [0, 0.1) is 5.82 Å². The largest absolute Gasteiger partial charge is 0.478 e. The fraction of sp³-hybridized carbons (Fsp3) is 0.385. The fourth-order valence-corrected chi connectivity index (χ4v) is 1.61. The molecule has 0 aromatic heterocycles. The smallest absolute Gasteiger partial charge is 0.338 e. The molecule has 1 aromatic carbocycles. The van der Waals surface area contributed by atoms with Gasteiger partial charge in [-0.05, 0) is 26.0 Å². The van der Waals surface area contributed by atoms with Crippen molar-refractivity contribution in [3.8, 4) is 0 Å². The molecule has 0 aliphatic carbocycles. The molecule has 0 spiro atoms. The van der Waals surface area contributed by atoms with Crippen LogP contribution in [0.3, 0.4) is 0 Å². The van der Waals surface area contributed by atoms with Crippen molar-refractivity contribution in [3.05, 3.63) is 23.5 Å². The van der Waals surface area contributed by atoms with Crippen LogP contribution >= 0.6 is 0 Å². The number of hydrogen-bond donors (Lipinski definition) is 4. The lowest BCUT2D eigenvalue weighted by Crippen LogP contribution is -2.31. The second kappa shape index (κ2) is 6.74. The molecule has 0 radical (unpaired) electrons. The van der Waals surface area contributed by atoms with Gasteiger partial charge in [0, 0.05) is 19.0 Å². The zero-order valence-electron chi connectivity index (χ0n) is 11.4. The maximum Gasteiger partial charge on any atom is 0.338 e. The van der Waals surface area contributed by atoms with Crippen molar-refractivity contribution < 1.29 is 19.1 Å². The van der Waals surface area contributed by atoms with E-state index in [1.165, 1.54) is 0 Å². The predicted octanol–water partition coefficient (Wildman–Crippen LogP) is 1.43. The normalized spacial score (nSPS) is 10.4. The highest BCUT2D eigenvalue weighted by Crippen LogP contribution is 2.23. The SMILES string of the molecule is CC(C)NC(=O)CCNc1cc(F)c(C(=O)O)cc1N. The summed E-state index contributed by atoms with van der Waals surface area (Å²) >= 11 is 0. The van der Waals surface area contributed by atoms with E-state index in [0.717, 1.165) is 12.1 Å². The zero-order chi connectivity index (χ0) is 15.3. The third-order valence-corrected chi connectivity index (χ3v) is 2.49. The Labute approximate surface area is 116 Å². The molecule has 110 valence electrons. The number of benzene rings is 1. The Morgan fingerprint density at radius 2 is 2.05 bits per heavy atom. The number of halogens is 1. The van der Waals surface area contributed by atoms with Gasteiger partial charge in [-0.25, -0.2) is 9.18 Å². The molecule has 0 aliphatic rings. The molecular weight excluding hydrogens is 265 g/mol. The number of nitrogens with two attached hydrogens (primary N) is 1. The first kappa shape index (κ1) is 15.7. The van der Waals surface area contributed by atoms with Crippen LogP contribution in [-0.4, -0.2) is 29.6 Å². The monoisotopic (exact) mass is 283 g/mol. The molecule has 0 atom stereocenters. The Hall–Kier alpha value is -2.31. The predicted molar refractivity (Wildman–Crippen MR) is 74.2 cm³/mol. The maximum atomic E-state index is 13.5. The van der Waals surface area contributed by atoms with Gasteiger partial charge in [0.2, 0.25) is 5.91 Å². The van der Waals surface area contributed by atoms with Crippen molar-refractivity contribution in [3.63, 3.8) is 0 Å². The number of carboxylic acid groups (broad SMARTS) is 1. The highest BCUT2D eigenvalue weighted by Gasteiger charge is 2.13. The number of anilines is 2. The minimum atomic E-state index is -1.38. The molecule has 1 amide bonds. The Morgan fingerprint density at radius 3 is 2.60 bits per heavy atom. The number of aromatic carboxylic acids is 1.